The molecule has 0 radical (unpaired) electrons. The van der Waals surface area contributed by atoms with Crippen LogP contribution in [0.2, 0.25) is 0 Å². The maximum absolute atomic E-state index is 8.49. The summed E-state index contributed by atoms with van der Waals surface area (Å²) in [6, 6.07) is 0. The molecule has 0 spiro atoms. The Morgan fingerprint density at radius 1 is 1.40 bits per heavy atom. The van der Waals surface area contributed by atoms with E-state index in [0.29, 0.717) is 11.8 Å². The number of aliphatic hydroxyl groups excluding tert-OH is 1. The Balaban J connectivity index is 4.01. The third-order valence-corrected chi connectivity index (χ3v) is 2.61. The molecule has 2 N–H and O–H groups in total. The summed E-state index contributed by atoms with van der Waals surface area (Å²) in [5, 5.41) is 11.8. The first-order chi connectivity index (χ1) is 6.99. The first-order valence-corrected chi connectivity index (χ1v) is 5.38. The van der Waals surface area contributed by atoms with Crippen LogP contribution in [-0.2, 0) is 0 Å². The van der Waals surface area contributed by atoms with Gasteiger partial charge in [-0.3, -0.25) is 0 Å². The average Bonchev–Trinajstić information content (AvgIpc) is 2.21. The molecule has 1 atom stereocenters. The number of allylic oxidation sites excluding steroid dienone is 3. The van der Waals surface area contributed by atoms with Crippen molar-refractivity contribution in [1.82, 2.24) is 5.32 Å². The summed E-state index contributed by atoms with van der Waals surface area (Å²) in [5.74, 6) is 1.08. The summed E-state index contributed by atoms with van der Waals surface area (Å²) in [4.78, 5) is 0. The number of rotatable bonds is 6. The minimum Gasteiger partial charge on any atom is -0.516 e. The van der Waals surface area contributed by atoms with Gasteiger partial charge in [-0.05, 0) is 24.8 Å². The molecule has 1 unspecified atom stereocenters. The minimum absolute atomic E-state index is 0.478. The van der Waals surface area contributed by atoms with Gasteiger partial charge in [0.25, 0.3) is 0 Å². The maximum atomic E-state index is 8.49. The molecule has 0 heterocycles. The molecule has 2 heteroatoms. The Hall–Kier alpha value is -1.18. The van der Waals surface area contributed by atoms with Crippen molar-refractivity contribution in [2.24, 2.45) is 11.8 Å². The zero-order valence-electron chi connectivity index (χ0n) is 10.2. The van der Waals surface area contributed by atoms with Crippen LogP contribution in [0.5, 0.6) is 0 Å². The molecule has 0 aromatic heterocycles. The highest BCUT2D eigenvalue weighted by atomic mass is 16.2. The number of nitrogens with one attached hydrogen (secondary N) is 1. The van der Waals surface area contributed by atoms with Crippen molar-refractivity contribution in [3.63, 3.8) is 0 Å². The fraction of sp³-hybridized carbons (Fsp3) is 0.538. The molecule has 0 bridgehead atoms. The highest BCUT2D eigenvalue weighted by Gasteiger charge is 2.09. The molecule has 2 nitrogen and oxygen atoms in total. The van der Waals surface area contributed by atoms with Crippen LogP contribution in [0.25, 0.3) is 0 Å². The summed E-state index contributed by atoms with van der Waals surface area (Å²) >= 11 is 0. The molecule has 0 amide bonds. The Kier molecular flexibility index (Phi) is 6.59. The van der Waals surface area contributed by atoms with E-state index in [-0.39, 0.29) is 0 Å². The van der Waals surface area contributed by atoms with Crippen LogP contribution in [0.3, 0.4) is 0 Å². The lowest BCUT2D eigenvalue weighted by atomic mass is 9.95. The summed E-state index contributed by atoms with van der Waals surface area (Å²) < 4.78 is 0. The fourth-order valence-electron chi connectivity index (χ4n) is 1.08. The van der Waals surface area contributed by atoms with Gasteiger partial charge >= 0.3 is 0 Å². The summed E-state index contributed by atoms with van der Waals surface area (Å²) in [6.45, 7) is 13.4. The lowest BCUT2D eigenvalue weighted by molar-refractivity contribution is 0.457. The van der Waals surface area contributed by atoms with Crippen LogP contribution >= 0.6 is 0 Å². The Bertz CT molecular complexity index is 251. The Labute approximate surface area is 93.4 Å². The highest BCUT2D eigenvalue weighted by molar-refractivity contribution is 5.12. The zero-order valence-corrected chi connectivity index (χ0v) is 10.2. The molecule has 0 aromatic rings. The molecule has 15 heavy (non-hydrogen) atoms. The van der Waals surface area contributed by atoms with Crippen molar-refractivity contribution in [3.8, 4) is 0 Å². The second kappa shape index (κ2) is 7.16. The first kappa shape index (κ1) is 13.8. The third kappa shape index (κ3) is 6.00. The van der Waals surface area contributed by atoms with Crippen molar-refractivity contribution in [2.75, 3.05) is 6.54 Å². The van der Waals surface area contributed by atoms with Gasteiger partial charge in [-0.1, -0.05) is 39.0 Å². The van der Waals surface area contributed by atoms with Gasteiger partial charge in [0.05, 0.1) is 6.26 Å². The highest BCUT2D eigenvalue weighted by Crippen LogP contribution is 2.15. The molecule has 0 rings (SSSR count). The van der Waals surface area contributed by atoms with E-state index < -0.39 is 0 Å². The molecule has 86 valence electrons. The van der Waals surface area contributed by atoms with Crippen LogP contribution in [0.4, 0.5) is 0 Å². The predicted octanol–water partition coefficient (Wildman–Crippen LogP) is 3.40. The van der Waals surface area contributed by atoms with E-state index in [2.05, 4.69) is 32.7 Å². The van der Waals surface area contributed by atoms with Crippen molar-refractivity contribution >= 4 is 0 Å². The third-order valence-electron chi connectivity index (χ3n) is 2.61. The van der Waals surface area contributed by atoms with Crippen LogP contribution in [0, 0.1) is 11.8 Å². The van der Waals surface area contributed by atoms with E-state index in [4.69, 9.17) is 5.11 Å². The molecular formula is C13H23NO. The maximum Gasteiger partial charge on any atom is 0.0791 e. The first-order valence-electron chi connectivity index (χ1n) is 5.38. The molecule has 0 aromatic carbocycles. The van der Waals surface area contributed by atoms with Gasteiger partial charge < -0.3 is 10.4 Å². The molecule has 0 saturated carbocycles. The van der Waals surface area contributed by atoms with Gasteiger partial charge in [0.1, 0.15) is 0 Å². The van der Waals surface area contributed by atoms with Gasteiger partial charge in [0.15, 0.2) is 0 Å². The fourth-order valence-corrected chi connectivity index (χ4v) is 1.08. The van der Waals surface area contributed by atoms with Crippen LogP contribution in [0.1, 0.15) is 27.7 Å². The Morgan fingerprint density at radius 3 is 2.47 bits per heavy atom. The minimum atomic E-state index is 0.478. The second-order valence-corrected chi connectivity index (χ2v) is 4.27. The largest absolute Gasteiger partial charge is 0.516 e. The summed E-state index contributed by atoms with van der Waals surface area (Å²) in [7, 11) is 0. The molecule has 0 aliphatic carbocycles. The number of hydrogen-bond donors (Lipinski definition) is 2. The molecular weight excluding hydrogens is 186 g/mol. The predicted molar refractivity (Wildman–Crippen MR) is 66.7 cm³/mol. The normalized spacial score (nSPS) is 14.6. The topological polar surface area (TPSA) is 32.3 Å². The van der Waals surface area contributed by atoms with Crippen molar-refractivity contribution in [2.45, 2.75) is 27.7 Å². The van der Waals surface area contributed by atoms with Crippen molar-refractivity contribution in [3.05, 3.63) is 36.3 Å². The van der Waals surface area contributed by atoms with E-state index in [1.165, 1.54) is 0 Å². The zero-order chi connectivity index (χ0) is 11.8. The quantitative estimate of drug-likeness (QED) is 0.519. The van der Waals surface area contributed by atoms with E-state index >= 15 is 0 Å². The molecule has 0 aliphatic rings. The number of hydrogen-bond acceptors (Lipinski definition) is 2. The Morgan fingerprint density at radius 2 is 2.00 bits per heavy atom. The van der Waals surface area contributed by atoms with E-state index in [1.807, 2.05) is 13.0 Å². The number of aliphatic hydroxyl groups is 1. The lowest BCUT2D eigenvalue weighted by Crippen LogP contribution is -2.22. The molecule has 0 saturated heterocycles. The molecule has 0 aliphatic heterocycles. The van der Waals surface area contributed by atoms with Crippen molar-refractivity contribution in [1.29, 1.82) is 0 Å². The monoisotopic (exact) mass is 209 g/mol. The summed E-state index contributed by atoms with van der Waals surface area (Å²) in [6.07, 6.45) is 4.53. The van der Waals surface area contributed by atoms with Gasteiger partial charge in [0, 0.05) is 12.2 Å². The average molecular weight is 209 g/mol. The smallest absolute Gasteiger partial charge is 0.0791 e. The van der Waals surface area contributed by atoms with E-state index in [9.17, 15) is 0 Å². The van der Waals surface area contributed by atoms with Gasteiger partial charge in [-0.2, -0.15) is 0 Å². The SMILES string of the molecule is C=C(NC/C(C)=C/C=C\O)C(C)C(C)C. The van der Waals surface area contributed by atoms with E-state index in [0.717, 1.165) is 24.1 Å². The second-order valence-electron chi connectivity index (χ2n) is 4.27. The van der Waals surface area contributed by atoms with Crippen LogP contribution in [-0.4, -0.2) is 11.7 Å². The van der Waals surface area contributed by atoms with E-state index in [1.54, 1.807) is 6.08 Å². The molecule has 0 fully saturated rings. The lowest BCUT2D eigenvalue weighted by Gasteiger charge is -2.20. The van der Waals surface area contributed by atoms with Crippen LogP contribution in [0.15, 0.2) is 36.3 Å². The van der Waals surface area contributed by atoms with Gasteiger partial charge in [-0.15, -0.1) is 0 Å². The van der Waals surface area contributed by atoms with Gasteiger partial charge in [-0.25, -0.2) is 0 Å². The van der Waals surface area contributed by atoms with Crippen molar-refractivity contribution < 1.29 is 5.11 Å². The van der Waals surface area contributed by atoms with Crippen LogP contribution < -0.4 is 5.32 Å². The van der Waals surface area contributed by atoms with Gasteiger partial charge in [0.2, 0.25) is 0 Å². The standard InChI is InChI=1S/C13H23NO/c1-10(2)12(4)13(5)14-9-11(3)7-6-8-15/h6-8,10,12,14-15H,5,9H2,1-4H3/b8-6-,11-7+. The summed E-state index contributed by atoms with van der Waals surface area (Å²) in [5.41, 5.74) is 2.24.